The minimum Gasteiger partial charge on any atom is -0.508 e. The van der Waals surface area contributed by atoms with E-state index in [0.29, 0.717) is 29.6 Å². The molecule has 0 radical (unpaired) electrons. The molecule has 242 valence electrons. The zero-order chi connectivity index (χ0) is 31.8. The second-order valence-corrected chi connectivity index (χ2v) is 14.6. The molecule has 1 aliphatic carbocycles. The van der Waals surface area contributed by atoms with Crippen molar-refractivity contribution in [2.24, 2.45) is 5.92 Å². The van der Waals surface area contributed by atoms with Crippen molar-refractivity contribution < 1.29 is 44.5 Å². The molecule has 2 aliphatic heterocycles. The minimum atomic E-state index is -1.06. The van der Waals surface area contributed by atoms with Crippen LogP contribution in [-0.4, -0.2) is 70.6 Å². The Morgan fingerprint density at radius 2 is 1.76 bits per heavy atom. The molecular weight excluding hydrogens is 616 g/mol. The van der Waals surface area contributed by atoms with Gasteiger partial charge in [-0.2, -0.15) is 0 Å². The summed E-state index contributed by atoms with van der Waals surface area (Å²) in [5.74, 6) is 2.41. The fourth-order valence-electron chi connectivity index (χ4n) is 6.99. The molecule has 3 aromatic carbocycles. The standard InChI is InChI=1S/C34H40O9S2/c1-17-4-5-18-12-22-28(20-7-6-19(36)13-21(18)20)25(42-10-9-35)15-26-29(22)24(16-45-44-11-8-17)31(38)33(43-26)23-14-27(40-2)32(39)34(41-3)30(23)37/h6-7,13-15,17-18,24,31,33,35-39H,4-5,8-12,16H2,1-3H3. The van der Waals surface area contributed by atoms with Crippen LogP contribution >= 0.6 is 21.6 Å². The van der Waals surface area contributed by atoms with E-state index in [2.05, 4.69) is 6.92 Å². The molecular formula is C34H40O9S2. The van der Waals surface area contributed by atoms with Crippen molar-refractivity contribution in [3.05, 3.63) is 52.6 Å². The van der Waals surface area contributed by atoms with Gasteiger partial charge < -0.3 is 44.5 Å². The van der Waals surface area contributed by atoms with Crippen LogP contribution in [0.25, 0.3) is 11.1 Å². The number of hydrogen-bond donors (Lipinski definition) is 5. The van der Waals surface area contributed by atoms with Gasteiger partial charge in [0, 0.05) is 40.2 Å². The third-order valence-electron chi connectivity index (χ3n) is 9.28. The summed E-state index contributed by atoms with van der Waals surface area (Å²) in [6, 6.07) is 8.77. The first-order chi connectivity index (χ1) is 21.8. The lowest BCUT2D eigenvalue weighted by molar-refractivity contribution is 0.00293. The average Bonchev–Trinajstić information content (AvgIpc) is 3.04. The van der Waals surface area contributed by atoms with E-state index in [0.717, 1.165) is 52.8 Å². The zero-order valence-corrected chi connectivity index (χ0v) is 27.2. The van der Waals surface area contributed by atoms with E-state index in [9.17, 15) is 25.5 Å². The van der Waals surface area contributed by atoms with Gasteiger partial charge in [0.25, 0.3) is 0 Å². The molecule has 2 heterocycles. The summed E-state index contributed by atoms with van der Waals surface area (Å²) in [7, 11) is 6.25. The summed E-state index contributed by atoms with van der Waals surface area (Å²) in [6.07, 6.45) is 1.69. The van der Waals surface area contributed by atoms with Crippen molar-refractivity contribution in [2.45, 2.75) is 56.7 Å². The SMILES string of the molecule is COc1cc(C2Oc3cc(OCCO)c4c5c3C(CSSCCC(C)CCC(C5)c3cc(O)ccc3-4)C2O)c(O)c(OC)c1O. The van der Waals surface area contributed by atoms with Crippen molar-refractivity contribution in [2.75, 3.05) is 38.9 Å². The van der Waals surface area contributed by atoms with Gasteiger partial charge >= 0.3 is 0 Å². The van der Waals surface area contributed by atoms with E-state index in [1.54, 1.807) is 27.7 Å². The number of aliphatic hydroxyl groups is 2. The summed E-state index contributed by atoms with van der Waals surface area (Å²) in [4.78, 5) is 0. The number of ether oxygens (including phenoxy) is 4. The monoisotopic (exact) mass is 656 g/mol. The maximum atomic E-state index is 12.1. The van der Waals surface area contributed by atoms with Crippen LogP contribution in [-0.2, 0) is 6.42 Å². The number of aliphatic hydroxyl groups excluding tert-OH is 2. The number of phenols is 3. The average molecular weight is 657 g/mol. The van der Waals surface area contributed by atoms with E-state index in [1.807, 2.05) is 18.2 Å². The Labute approximate surface area is 270 Å². The minimum absolute atomic E-state index is 0.0781. The fourth-order valence-corrected chi connectivity index (χ4v) is 9.58. The molecule has 5 N–H and O–H groups in total. The molecule has 0 fully saturated rings. The van der Waals surface area contributed by atoms with Crippen LogP contribution in [0.1, 0.15) is 66.4 Å². The maximum absolute atomic E-state index is 12.1. The highest BCUT2D eigenvalue weighted by Gasteiger charge is 2.44. The third kappa shape index (κ3) is 5.84. The highest BCUT2D eigenvalue weighted by atomic mass is 33.1. The zero-order valence-electron chi connectivity index (χ0n) is 25.6. The Morgan fingerprint density at radius 1 is 0.933 bits per heavy atom. The Balaban J connectivity index is 1.57. The highest BCUT2D eigenvalue weighted by molar-refractivity contribution is 8.76. The van der Waals surface area contributed by atoms with Crippen molar-refractivity contribution >= 4 is 21.6 Å². The molecule has 0 amide bonds. The smallest absolute Gasteiger partial charge is 0.207 e. The largest absolute Gasteiger partial charge is 0.508 e. The fraction of sp³-hybridized carbons (Fsp3) is 0.471. The highest BCUT2D eigenvalue weighted by Crippen LogP contribution is 2.57. The second-order valence-electron chi connectivity index (χ2n) is 12.0. The molecule has 11 heteroatoms. The molecule has 5 atom stereocenters. The molecule has 0 saturated carbocycles. The van der Waals surface area contributed by atoms with Gasteiger partial charge in [0.15, 0.2) is 17.6 Å². The molecule has 3 aliphatic rings. The summed E-state index contributed by atoms with van der Waals surface area (Å²) < 4.78 is 23.4. The van der Waals surface area contributed by atoms with Crippen molar-refractivity contribution in [1.29, 1.82) is 0 Å². The van der Waals surface area contributed by atoms with Gasteiger partial charge in [-0.15, -0.1) is 0 Å². The van der Waals surface area contributed by atoms with Gasteiger partial charge in [-0.25, -0.2) is 0 Å². The molecule has 0 saturated heterocycles. The van der Waals surface area contributed by atoms with Crippen LogP contribution in [0.15, 0.2) is 30.3 Å². The van der Waals surface area contributed by atoms with Gasteiger partial charge in [-0.3, -0.25) is 0 Å². The Bertz CT molecular complexity index is 1560. The first-order valence-corrected chi connectivity index (χ1v) is 17.8. The van der Waals surface area contributed by atoms with Gasteiger partial charge in [0.2, 0.25) is 11.5 Å². The number of rotatable bonds is 6. The summed E-state index contributed by atoms with van der Waals surface area (Å²) in [6.45, 7) is 2.20. The van der Waals surface area contributed by atoms with E-state index in [4.69, 9.17) is 18.9 Å². The number of hydrogen-bond acceptors (Lipinski definition) is 11. The molecule has 6 rings (SSSR count). The molecule has 5 unspecified atom stereocenters. The first-order valence-electron chi connectivity index (χ1n) is 15.3. The van der Waals surface area contributed by atoms with Gasteiger partial charge in [0.05, 0.1) is 20.8 Å². The predicted molar refractivity (Wildman–Crippen MR) is 175 cm³/mol. The molecule has 45 heavy (non-hydrogen) atoms. The van der Waals surface area contributed by atoms with Crippen molar-refractivity contribution in [3.8, 4) is 51.4 Å². The Hall–Kier alpha value is -3.12. The lowest BCUT2D eigenvalue weighted by Crippen LogP contribution is -2.37. The van der Waals surface area contributed by atoms with Crippen molar-refractivity contribution in [1.82, 2.24) is 0 Å². The van der Waals surface area contributed by atoms with Crippen LogP contribution in [0, 0.1) is 5.92 Å². The van der Waals surface area contributed by atoms with Crippen molar-refractivity contribution in [3.63, 3.8) is 0 Å². The second kappa shape index (κ2) is 13.3. The van der Waals surface area contributed by atoms with E-state index < -0.39 is 12.2 Å². The third-order valence-corrected chi connectivity index (χ3v) is 11.8. The summed E-state index contributed by atoms with van der Waals surface area (Å²) >= 11 is 0. The van der Waals surface area contributed by atoms with Gasteiger partial charge in [-0.1, -0.05) is 41.0 Å². The van der Waals surface area contributed by atoms with Crippen LogP contribution < -0.4 is 18.9 Å². The quantitative estimate of drug-likeness (QED) is 0.192. The summed E-state index contributed by atoms with van der Waals surface area (Å²) in [5.41, 5.74) is 5.11. The van der Waals surface area contributed by atoms with Crippen LogP contribution in [0.3, 0.4) is 0 Å². The Kier molecular flexibility index (Phi) is 9.42. The first kappa shape index (κ1) is 31.8. The van der Waals surface area contributed by atoms with E-state index >= 15 is 0 Å². The Morgan fingerprint density at radius 3 is 2.51 bits per heavy atom. The molecule has 2 bridgehead atoms. The lowest BCUT2D eigenvalue weighted by atomic mass is 9.71. The van der Waals surface area contributed by atoms with Crippen LogP contribution in [0.2, 0.25) is 0 Å². The summed E-state index contributed by atoms with van der Waals surface area (Å²) in [5, 5.41) is 54.1. The number of benzene rings is 3. The topological polar surface area (TPSA) is 138 Å². The molecule has 3 aromatic rings. The van der Waals surface area contributed by atoms with Gasteiger partial charge in [-0.05, 0) is 66.0 Å². The van der Waals surface area contributed by atoms with Crippen LogP contribution in [0.5, 0.6) is 40.2 Å². The normalized spacial score (nSPS) is 24.2. The molecule has 9 nitrogen and oxygen atoms in total. The number of fused-ring (bicyclic) bond motifs is 4. The van der Waals surface area contributed by atoms with E-state index in [1.165, 1.54) is 20.3 Å². The predicted octanol–water partition coefficient (Wildman–Crippen LogP) is 6.28. The maximum Gasteiger partial charge on any atom is 0.207 e. The van der Waals surface area contributed by atoms with Crippen LogP contribution in [0.4, 0.5) is 0 Å². The molecule has 0 aromatic heterocycles. The lowest BCUT2D eigenvalue weighted by Gasteiger charge is -2.41. The number of phenolic OH excluding ortho intramolecular Hbond substituents is 3. The number of aromatic hydroxyl groups is 3. The van der Waals surface area contributed by atoms with Gasteiger partial charge in [0.1, 0.15) is 30.0 Å². The van der Waals surface area contributed by atoms with E-state index in [-0.39, 0.29) is 59.4 Å². The number of methoxy groups -OCH3 is 2. The molecule has 0 spiro atoms.